The molecule has 0 aliphatic carbocycles. The van der Waals surface area contributed by atoms with Gasteiger partial charge in [0.1, 0.15) is 0 Å². The van der Waals surface area contributed by atoms with Gasteiger partial charge in [-0.1, -0.05) is 6.08 Å². The molecule has 3 heteroatoms. The number of aliphatic carboxylic acids is 1. The number of rotatable bonds is 6. The Kier molecular flexibility index (Phi) is 6.25. The van der Waals surface area contributed by atoms with Gasteiger partial charge in [-0.3, -0.25) is 0 Å². The van der Waals surface area contributed by atoms with Crippen molar-refractivity contribution in [3.8, 4) is 0 Å². The van der Waals surface area contributed by atoms with Crippen molar-refractivity contribution in [2.24, 2.45) is 0 Å². The third kappa shape index (κ3) is 9.47. The van der Waals surface area contributed by atoms with Gasteiger partial charge in [-0.25, -0.2) is 4.79 Å². The van der Waals surface area contributed by atoms with Crippen molar-refractivity contribution in [3.05, 3.63) is 11.6 Å². The first-order chi connectivity index (χ1) is 6.83. The minimum atomic E-state index is -0.817. The van der Waals surface area contributed by atoms with Crippen LogP contribution in [0, 0.1) is 0 Å². The van der Waals surface area contributed by atoms with Crippen LogP contribution in [0.5, 0.6) is 0 Å². The van der Waals surface area contributed by atoms with Gasteiger partial charge in [0.15, 0.2) is 0 Å². The van der Waals surface area contributed by atoms with E-state index in [2.05, 4.69) is 26.1 Å². The number of allylic oxidation sites excluding steroid dienone is 1. The Morgan fingerprint density at radius 1 is 1.33 bits per heavy atom. The maximum atomic E-state index is 10.5. The number of hydrogen-bond donors (Lipinski definition) is 2. The molecule has 0 bridgehead atoms. The molecule has 0 aromatic carbocycles. The van der Waals surface area contributed by atoms with E-state index in [4.69, 9.17) is 5.11 Å². The highest BCUT2D eigenvalue weighted by atomic mass is 16.4. The fraction of sp³-hybridized carbons (Fsp3) is 0.750. The Labute approximate surface area is 92.6 Å². The maximum absolute atomic E-state index is 10.5. The molecule has 0 spiro atoms. The van der Waals surface area contributed by atoms with Crippen molar-refractivity contribution in [1.82, 2.24) is 5.32 Å². The lowest BCUT2D eigenvalue weighted by molar-refractivity contribution is -0.132. The van der Waals surface area contributed by atoms with E-state index in [1.165, 1.54) is 0 Å². The largest absolute Gasteiger partial charge is 0.478 e. The molecule has 15 heavy (non-hydrogen) atoms. The highest BCUT2D eigenvalue weighted by Crippen LogP contribution is 2.03. The molecule has 88 valence electrons. The highest BCUT2D eigenvalue weighted by Gasteiger charge is 2.06. The lowest BCUT2D eigenvalue weighted by atomic mass is 10.1. The summed E-state index contributed by atoms with van der Waals surface area (Å²) in [5.74, 6) is -0.817. The van der Waals surface area contributed by atoms with E-state index in [-0.39, 0.29) is 5.54 Å². The van der Waals surface area contributed by atoms with Gasteiger partial charge in [-0.15, -0.1) is 0 Å². The summed E-state index contributed by atoms with van der Waals surface area (Å²) in [5.41, 5.74) is 0.617. The summed E-state index contributed by atoms with van der Waals surface area (Å²) in [6, 6.07) is 0. The molecule has 2 N–H and O–H groups in total. The summed E-state index contributed by atoms with van der Waals surface area (Å²) < 4.78 is 0. The second kappa shape index (κ2) is 6.62. The van der Waals surface area contributed by atoms with Crippen LogP contribution in [0.15, 0.2) is 11.6 Å². The smallest absolute Gasteiger partial charge is 0.330 e. The van der Waals surface area contributed by atoms with Gasteiger partial charge in [0.2, 0.25) is 0 Å². The minimum absolute atomic E-state index is 0.173. The first-order valence-corrected chi connectivity index (χ1v) is 5.48. The van der Waals surface area contributed by atoms with Crippen molar-refractivity contribution < 1.29 is 9.90 Å². The Bertz CT molecular complexity index is 226. The van der Waals surface area contributed by atoms with Crippen molar-refractivity contribution in [3.63, 3.8) is 0 Å². The molecule has 0 aliphatic heterocycles. The Balaban J connectivity index is 3.48. The molecular weight excluding hydrogens is 190 g/mol. The van der Waals surface area contributed by atoms with E-state index >= 15 is 0 Å². The average molecular weight is 213 g/mol. The lowest BCUT2D eigenvalue weighted by Crippen LogP contribution is -2.36. The molecule has 3 nitrogen and oxygen atoms in total. The predicted molar refractivity (Wildman–Crippen MR) is 63.0 cm³/mol. The molecule has 0 radical (unpaired) electrons. The molecule has 0 amide bonds. The van der Waals surface area contributed by atoms with E-state index in [9.17, 15) is 4.79 Å². The lowest BCUT2D eigenvalue weighted by Gasteiger charge is -2.20. The number of carboxylic acid groups (broad SMARTS) is 1. The molecule has 0 fully saturated rings. The number of carboxylic acids is 1. The van der Waals surface area contributed by atoms with Crippen LogP contribution >= 0.6 is 0 Å². The fourth-order valence-electron chi connectivity index (χ4n) is 1.14. The van der Waals surface area contributed by atoms with Crippen LogP contribution in [0.3, 0.4) is 0 Å². The highest BCUT2D eigenvalue weighted by molar-refractivity contribution is 5.85. The molecule has 0 rings (SSSR count). The third-order valence-electron chi connectivity index (χ3n) is 2.07. The predicted octanol–water partition coefficient (Wildman–Crippen LogP) is 2.58. The van der Waals surface area contributed by atoms with Crippen LogP contribution in [0.4, 0.5) is 0 Å². The number of unbranched alkanes of at least 4 members (excludes halogenated alkanes) is 2. The fourth-order valence-corrected chi connectivity index (χ4v) is 1.14. The first-order valence-electron chi connectivity index (χ1n) is 5.48. The van der Waals surface area contributed by atoms with E-state index in [0.29, 0.717) is 5.57 Å². The number of nitrogens with one attached hydrogen (secondary N) is 1. The standard InChI is InChI=1S/C12H23NO2/c1-10(11(14)15)8-6-5-7-9-13-12(2,3)4/h8,13H,5-7,9H2,1-4H3,(H,14,15). The molecule has 0 saturated heterocycles. The van der Waals surface area contributed by atoms with Gasteiger partial charge in [-0.05, 0) is 53.5 Å². The van der Waals surface area contributed by atoms with E-state index in [1.807, 2.05) is 0 Å². The first kappa shape index (κ1) is 14.2. The summed E-state index contributed by atoms with van der Waals surface area (Å²) in [6.45, 7) is 9.05. The Morgan fingerprint density at radius 2 is 1.93 bits per heavy atom. The number of hydrogen-bond acceptors (Lipinski definition) is 2. The quantitative estimate of drug-likeness (QED) is 0.526. The van der Waals surface area contributed by atoms with Gasteiger partial charge in [0, 0.05) is 11.1 Å². The molecular formula is C12H23NO2. The molecule has 0 atom stereocenters. The van der Waals surface area contributed by atoms with E-state index in [0.717, 1.165) is 25.8 Å². The molecule has 0 saturated carbocycles. The van der Waals surface area contributed by atoms with Crippen LogP contribution in [0.1, 0.15) is 47.0 Å². The summed E-state index contributed by atoms with van der Waals surface area (Å²) >= 11 is 0. The van der Waals surface area contributed by atoms with Crippen LogP contribution in [-0.2, 0) is 4.79 Å². The van der Waals surface area contributed by atoms with Gasteiger partial charge in [0.05, 0.1) is 0 Å². The van der Waals surface area contributed by atoms with Gasteiger partial charge >= 0.3 is 5.97 Å². The second-order valence-electron chi connectivity index (χ2n) is 4.86. The molecule has 0 heterocycles. The van der Waals surface area contributed by atoms with Crippen LogP contribution < -0.4 is 5.32 Å². The van der Waals surface area contributed by atoms with E-state index in [1.54, 1.807) is 13.0 Å². The van der Waals surface area contributed by atoms with Crippen LogP contribution in [-0.4, -0.2) is 23.2 Å². The molecule has 0 unspecified atom stereocenters. The summed E-state index contributed by atoms with van der Waals surface area (Å²) in [4.78, 5) is 10.5. The second-order valence-corrected chi connectivity index (χ2v) is 4.86. The minimum Gasteiger partial charge on any atom is -0.478 e. The zero-order chi connectivity index (χ0) is 11.9. The normalized spacial score (nSPS) is 12.9. The zero-order valence-corrected chi connectivity index (χ0v) is 10.3. The molecule has 0 aliphatic rings. The summed E-state index contributed by atoms with van der Waals surface area (Å²) in [6.07, 6.45) is 4.76. The number of carbonyl (C=O) groups is 1. The summed E-state index contributed by atoms with van der Waals surface area (Å²) in [5, 5.41) is 12.0. The van der Waals surface area contributed by atoms with Crippen LogP contribution in [0.2, 0.25) is 0 Å². The third-order valence-corrected chi connectivity index (χ3v) is 2.07. The summed E-state index contributed by atoms with van der Waals surface area (Å²) in [7, 11) is 0. The topological polar surface area (TPSA) is 49.3 Å². The van der Waals surface area contributed by atoms with Crippen molar-refractivity contribution in [2.75, 3.05) is 6.54 Å². The van der Waals surface area contributed by atoms with Crippen molar-refractivity contribution in [2.45, 2.75) is 52.5 Å². The Hall–Kier alpha value is -0.830. The molecule has 0 aromatic rings. The van der Waals surface area contributed by atoms with Crippen molar-refractivity contribution in [1.29, 1.82) is 0 Å². The average Bonchev–Trinajstić information content (AvgIpc) is 2.08. The zero-order valence-electron chi connectivity index (χ0n) is 10.3. The van der Waals surface area contributed by atoms with Crippen molar-refractivity contribution >= 4 is 5.97 Å². The Morgan fingerprint density at radius 3 is 2.40 bits per heavy atom. The SMILES string of the molecule is CC(=CCCCCNC(C)(C)C)C(=O)O. The van der Waals surface area contributed by atoms with Gasteiger partial charge < -0.3 is 10.4 Å². The monoisotopic (exact) mass is 213 g/mol. The van der Waals surface area contributed by atoms with Crippen LogP contribution in [0.25, 0.3) is 0 Å². The maximum Gasteiger partial charge on any atom is 0.330 e. The van der Waals surface area contributed by atoms with Gasteiger partial charge in [-0.2, -0.15) is 0 Å². The van der Waals surface area contributed by atoms with Gasteiger partial charge in [0.25, 0.3) is 0 Å². The molecule has 0 aromatic heterocycles. The van der Waals surface area contributed by atoms with E-state index < -0.39 is 5.97 Å².